The van der Waals surface area contributed by atoms with Crippen LogP contribution in [0.15, 0.2) is 23.0 Å². The first kappa shape index (κ1) is 11.7. The van der Waals surface area contributed by atoms with Crippen molar-refractivity contribution in [1.29, 1.82) is 0 Å². The van der Waals surface area contributed by atoms with Crippen molar-refractivity contribution < 1.29 is 9.52 Å². The number of aliphatic hydroxyl groups excluding tert-OH is 1. The van der Waals surface area contributed by atoms with Crippen molar-refractivity contribution in [3.63, 3.8) is 0 Å². The van der Waals surface area contributed by atoms with E-state index >= 15 is 0 Å². The highest BCUT2D eigenvalue weighted by molar-refractivity contribution is 5.14. The molecule has 0 amide bonds. The third kappa shape index (κ3) is 1.89. The molecule has 2 rings (SSSR count). The molecule has 0 aromatic carbocycles. The van der Waals surface area contributed by atoms with Gasteiger partial charge in [-0.05, 0) is 31.2 Å². The first-order valence-electron chi connectivity index (χ1n) is 6.12. The number of rotatable bonds is 4. The minimum atomic E-state index is -0.479. The summed E-state index contributed by atoms with van der Waals surface area (Å²) in [6.45, 7) is 2.76. The van der Waals surface area contributed by atoms with E-state index in [-0.39, 0.29) is 5.41 Å². The zero-order valence-electron chi connectivity index (χ0n) is 9.86. The van der Waals surface area contributed by atoms with Gasteiger partial charge in [0, 0.05) is 17.5 Å². The second kappa shape index (κ2) is 4.60. The molecule has 1 aromatic rings. The first-order valence-corrected chi connectivity index (χ1v) is 6.12. The summed E-state index contributed by atoms with van der Waals surface area (Å²) in [5, 5.41) is 10.4. The highest BCUT2D eigenvalue weighted by Gasteiger charge is 2.43. The molecule has 0 saturated heterocycles. The normalized spacial score (nSPS) is 31.8. The molecule has 90 valence electrons. The van der Waals surface area contributed by atoms with Crippen molar-refractivity contribution in [3.8, 4) is 0 Å². The topological polar surface area (TPSA) is 59.4 Å². The van der Waals surface area contributed by atoms with Crippen LogP contribution in [0.2, 0.25) is 0 Å². The third-order valence-electron chi connectivity index (χ3n) is 4.17. The molecule has 3 atom stereocenters. The zero-order chi connectivity index (χ0) is 11.6. The summed E-state index contributed by atoms with van der Waals surface area (Å²) in [6.07, 6.45) is 7.17. The van der Waals surface area contributed by atoms with Gasteiger partial charge < -0.3 is 15.3 Å². The lowest BCUT2D eigenvalue weighted by molar-refractivity contribution is 0.0297. The molecule has 0 aliphatic heterocycles. The van der Waals surface area contributed by atoms with Crippen LogP contribution < -0.4 is 5.73 Å². The van der Waals surface area contributed by atoms with Crippen LogP contribution in [0.25, 0.3) is 0 Å². The maximum atomic E-state index is 10.4. The van der Waals surface area contributed by atoms with E-state index in [0.29, 0.717) is 12.5 Å². The number of aliphatic hydroxyl groups is 1. The molecule has 1 aliphatic carbocycles. The molecule has 0 spiro atoms. The molecule has 1 fully saturated rings. The van der Waals surface area contributed by atoms with Crippen LogP contribution in [-0.4, -0.2) is 11.7 Å². The Morgan fingerprint density at radius 1 is 1.69 bits per heavy atom. The fourth-order valence-electron chi connectivity index (χ4n) is 2.95. The Kier molecular flexibility index (Phi) is 3.36. The van der Waals surface area contributed by atoms with Gasteiger partial charge in [-0.3, -0.25) is 0 Å². The largest absolute Gasteiger partial charge is 0.472 e. The van der Waals surface area contributed by atoms with Crippen molar-refractivity contribution in [3.05, 3.63) is 24.2 Å². The van der Waals surface area contributed by atoms with Crippen molar-refractivity contribution in [2.45, 2.75) is 38.7 Å². The van der Waals surface area contributed by atoms with Gasteiger partial charge in [-0.1, -0.05) is 13.3 Å². The third-order valence-corrected chi connectivity index (χ3v) is 4.17. The predicted octanol–water partition coefficient (Wildman–Crippen LogP) is 2.47. The lowest BCUT2D eigenvalue weighted by atomic mass is 9.77. The lowest BCUT2D eigenvalue weighted by Gasteiger charge is -2.32. The Bertz CT molecular complexity index is 323. The summed E-state index contributed by atoms with van der Waals surface area (Å²) in [5.41, 5.74) is 6.63. The molecule has 3 N–H and O–H groups in total. The average molecular weight is 223 g/mol. The maximum absolute atomic E-state index is 10.4. The minimum absolute atomic E-state index is 0.134. The fourth-order valence-corrected chi connectivity index (χ4v) is 2.95. The molecule has 1 aliphatic rings. The maximum Gasteiger partial charge on any atom is 0.0960 e. The summed E-state index contributed by atoms with van der Waals surface area (Å²) in [6, 6.07) is 1.83. The van der Waals surface area contributed by atoms with Gasteiger partial charge in [0.15, 0.2) is 0 Å². The van der Waals surface area contributed by atoms with Gasteiger partial charge >= 0.3 is 0 Å². The molecule has 3 heteroatoms. The molecular formula is C13H21NO2. The van der Waals surface area contributed by atoms with Crippen molar-refractivity contribution >= 4 is 0 Å². The highest BCUT2D eigenvalue weighted by Crippen LogP contribution is 2.50. The molecule has 1 heterocycles. The van der Waals surface area contributed by atoms with E-state index in [4.69, 9.17) is 10.2 Å². The number of furan rings is 1. The summed E-state index contributed by atoms with van der Waals surface area (Å²) in [7, 11) is 0. The van der Waals surface area contributed by atoms with E-state index < -0.39 is 6.10 Å². The van der Waals surface area contributed by atoms with Crippen LogP contribution in [0.1, 0.15) is 44.3 Å². The summed E-state index contributed by atoms with van der Waals surface area (Å²) in [4.78, 5) is 0. The average Bonchev–Trinajstić information content (AvgIpc) is 2.98. The van der Waals surface area contributed by atoms with Crippen LogP contribution in [0.3, 0.4) is 0 Å². The van der Waals surface area contributed by atoms with Crippen LogP contribution >= 0.6 is 0 Å². The predicted molar refractivity (Wildman–Crippen MR) is 62.8 cm³/mol. The van der Waals surface area contributed by atoms with Crippen LogP contribution in [0.4, 0.5) is 0 Å². The van der Waals surface area contributed by atoms with Gasteiger partial charge in [0.2, 0.25) is 0 Å². The molecule has 3 unspecified atom stereocenters. The first-order chi connectivity index (χ1) is 7.72. The zero-order valence-corrected chi connectivity index (χ0v) is 9.86. The second-order valence-corrected chi connectivity index (χ2v) is 5.04. The molecule has 3 nitrogen and oxygen atoms in total. The van der Waals surface area contributed by atoms with Gasteiger partial charge in [0.25, 0.3) is 0 Å². The Balaban J connectivity index is 2.16. The van der Waals surface area contributed by atoms with Crippen LogP contribution in [0, 0.1) is 11.3 Å². The molecule has 16 heavy (non-hydrogen) atoms. The Labute approximate surface area is 96.6 Å². The fraction of sp³-hybridized carbons (Fsp3) is 0.692. The van der Waals surface area contributed by atoms with Gasteiger partial charge in [-0.25, -0.2) is 0 Å². The Hall–Kier alpha value is -0.800. The molecule has 1 saturated carbocycles. The van der Waals surface area contributed by atoms with Gasteiger partial charge in [-0.2, -0.15) is 0 Å². The van der Waals surface area contributed by atoms with Crippen molar-refractivity contribution in [1.82, 2.24) is 0 Å². The van der Waals surface area contributed by atoms with E-state index in [1.54, 1.807) is 12.5 Å². The monoisotopic (exact) mass is 223 g/mol. The van der Waals surface area contributed by atoms with E-state index in [1.165, 1.54) is 12.8 Å². The summed E-state index contributed by atoms with van der Waals surface area (Å²) >= 11 is 0. The SMILES string of the molecule is CCC1CCC(CN)(C(O)c2ccoc2)C1. The van der Waals surface area contributed by atoms with E-state index in [0.717, 1.165) is 18.4 Å². The molecule has 0 radical (unpaired) electrons. The quantitative estimate of drug-likeness (QED) is 0.824. The minimum Gasteiger partial charge on any atom is -0.472 e. The summed E-state index contributed by atoms with van der Waals surface area (Å²) in [5.74, 6) is 0.713. The Morgan fingerprint density at radius 3 is 3.00 bits per heavy atom. The smallest absolute Gasteiger partial charge is 0.0960 e. The number of hydrogen-bond acceptors (Lipinski definition) is 3. The number of hydrogen-bond donors (Lipinski definition) is 2. The standard InChI is InChI=1S/C13H21NO2/c1-2-10-3-5-13(7-10,9-14)12(15)11-4-6-16-8-11/h4,6,8,10,12,15H,2-3,5,7,9,14H2,1H3. The van der Waals surface area contributed by atoms with E-state index in [1.807, 2.05) is 6.07 Å². The molecule has 1 aromatic heterocycles. The van der Waals surface area contributed by atoms with Crippen LogP contribution in [-0.2, 0) is 0 Å². The van der Waals surface area contributed by atoms with Crippen molar-refractivity contribution in [2.24, 2.45) is 17.1 Å². The van der Waals surface area contributed by atoms with Gasteiger partial charge in [0.05, 0.1) is 18.6 Å². The number of nitrogens with two attached hydrogens (primary N) is 1. The van der Waals surface area contributed by atoms with Crippen LogP contribution in [0.5, 0.6) is 0 Å². The van der Waals surface area contributed by atoms with E-state index in [9.17, 15) is 5.11 Å². The molecule has 0 bridgehead atoms. The second-order valence-electron chi connectivity index (χ2n) is 5.04. The van der Waals surface area contributed by atoms with Gasteiger partial charge in [0.1, 0.15) is 0 Å². The van der Waals surface area contributed by atoms with Crippen molar-refractivity contribution in [2.75, 3.05) is 6.54 Å². The van der Waals surface area contributed by atoms with E-state index in [2.05, 4.69) is 6.92 Å². The highest BCUT2D eigenvalue weighted by atomic mass is 16.3. The summed E-state index contributed by atoms with van der Waals surface area (Å²) < 4.78 is 5.04. The molecular weight excluding hydrogens is 202 g/mol. The van der Waals surface area contributed by atoms with Gasteiger partial charge in [-0.15, -0.1) is 0 Å². The Morgan fingerprint density at radius 2 is 2.50 bits per heavy atom. The lowest BCUT2D eigenvalue weighted by Crippen LogP contribution is -2.34.